The molecule has 0 aromatic carbocycles. The van der Waals surface area contributed by atoms with E-state index in [1.165, 1.54) is 0 Å². The number of rotatable bonds is 6. The maximum absolute atomic E-state index is 13.7. The highest BCUT2D eigenvalue weighted by Crippen LogP contribution is 2.69. The van der Waals surface area contributed by atoms with Crippen LogP contribution in [0, 0.1) is 40.4 Å². The zero-order valence-corrected chi connectivity index (χ0v) is 25.5. The number of fused-ring (bicyclic) bond motifs is 5. The number of hydrogen-bond donors (Lipinski definition) is 5. The summed E-state index contributed by atoms with van der Waals surface area (Å²) < 4.78 is 5.79. The molecule has 7 heteroatoms. The zero-order valence-electron chi connectivity index (χ0n) is 25.5. The lowest BCUT2D eigenvalue weighted by atomic mass is 9.43. The number of ketones is 1. The summed E-state index contributed by atoms with van der Waals surface area (Å²) in [6.45, 7) is 13.6. The summed E-state index contributed by atoms with van der Waals surface area (Å²) in [4.78, 5) is 13.7. The van der Waals surface area contributed by atoms with Crippen LogP contribution in [0.5, 0.6) is 0 Å². The van der Waals surface area contributed by atoms with Crippen LogP contribution >= 0.6 is 0 Å². The summed E-state index contributed by atoms with van der Waals surface area (Å²) >= 11 is 0. The Morgan fingerprint density at radius 3 is 2.38 bits per heavy atom. The van der Waals surface area contributed by atoms with E-state index >= 15 is 0 Å². The predicted molar refractivity (Wildman–Crippen MR) is 152 cm³/mol. The zero-order chi connectivity index (χ0) is 29.7. The molecule has 5 aliphatic rings. The lowest BCUT2D eigenvalue weighted by molar-refractivity contribution is -0.210. The largest absolute Gasteiger partial charge is 0.495 e. The Labute approximate surface area is 239 Å². The van der Waals surface area contributed by atoms with E-state index < -0.39 is 57.3 Å². The molecule has 0 radical (unpaired) electrons. The average molecular weight is 561 g/mol. The van der Waals surface area contributed by atoms with Gasteiger partial charge in [-0.2, -0.15) is 0 Å². The van der Waals surface area contributed by atoms with Crippen LogP contribution in [0.15, 0.2) is 24.0 Å². The van der Waals surface area contributed by atoms with E-state index in [9.17, 15) is 30.3 Å². The number of allylic oxidation sites excluding steroid dienone is 1. The number of aliphatic hydroxyl groups excluding tert-OH is 2. The molecule has 11 atom stereocenters. The minimum Gasteiger partial charge on any atom is -0.495 e. The van der Waals surface area contributed by atoms with Gasteiger partial charge in [0, 0.05) is 11.3 Å². The van der Waals surface area contributed by atoms with Crippen molar-refractivity contribution in [1.29, 1.82) is 0 Å². The molecule has 0 spiro atoms. The maximum atomic E-state index is 13.7. The van der Waals surface area contributed by atoms with Gasteiger partial charge < -0.3 is 30.3 Å². The Kier molecular flexibility index (Phi) is 7.08. The van der Waals surface area contributed by atoms with Crippen molar-refractivity contribution in [3.8, 4) is 0 Å². The van der Waals surface area contributed by atoms with Crippen molar-refractivity contribution in [1.82, 2.24) is 0 Å². The molecule has 1 heterocycles. The van der Waals surface area contributed by atoms with Crippen LogP contribution < -0.4 is 0 Å². The van der Waals surface area contributed by atoms with Crippen molar-refractivity contribution >= 4 is 5.78 Å². The van der Waals surface area contributed by atoms with Crippen molar-refractivity contribution in [2.75, 3.05) is 0 Å². The van der Waals surface area contributed by atoms with E-state index in [0.717, 1.165) is 24.8 Å². The molecule has 0 saturated heterocycles. The Balaban J connectivity index is 1.46. The molecule has 0 bridgehead atoms. The number of carbonyl (C=O) groups is 1. The molecular weight excluding hydrogens is 508 g/mol. The van der Waals surface area contributed by atoms with Gasteiger partial charge in [-0.05, 0) is 120 Å². The molecule has 5 rings (SSSR count). The number of aliphatic hydroxyl groups is 5. The quantitative estimate of drug-likeness (QED) is 0.332. The third-order valence-electron chi connectivity index (χ3n) is 12.5. The van der Waals surface area contributed by atoms with Gasteiger partial charge in [0.15, 0.2) is 5.78 Å². The molecule has 4 aliphatic carbocycles. The van der Waals surface area contributed by atoms with Gasteiger partial charge in [-0.3, -0.25) is 4.79 Å². The maximum Gasteiger partial charge on any atom is 0.159 e. The second kappa shape index (κ2) is 9.37. The Bertz CT molecular complexity index is 1090. The van der Waals surface area contributed by atoms with Gasteiger partial charge in [0.25, 0.3) is 0 Å². The van der Waals surface area contributed by atoms with Crippen LogP contribution in [-0.2, 0) is 9.53 Å². The Morgan fingerprint density at radius 2 is 1.77 bits per heavy atom. The van der Waals surface area contributed by atoms with Crippen LogP contribution in [0.3, 0.4) is 0 Å². The lowest BCUT2D eigenvalue weighted by Crippen LogP contribution is -2.66. The first-order valence-electron chi connectivity index (χ1n) is 15.4. The van der Waals surface area contributed by atoms with E-state index in [0.29, 0.717) is 19.3 Å². The summed E-state index contributed by atoms with van der Waals surface area (Å²) in [5.74, 6) is -0.978. The SMILES string of the molecule is C[C@H]([C@H](O)CCC(C)(C)O)[C@H]1CC[C@@]2(O)C3=CC(=O)[C@@H]4C[C@@H](O)[C@](O)(C5C=COC5(C)C)C[C@]4(C)[C@H]3CC[C@]12C. The number of ether oxygens (including phenoxy) is 1. The molecule has 1 unspecified atom stereocenters. The number of carbonyl (C=O) groups excluding carboxylic acids is 1. The summed E-state index contributed by atoms with van der Waals surface area (Å²) in [5.41, 5.74) is -4.47. The van der Waals surface area contributed by atoms with E-state index in [2.05, 4.69) is 20.8 Å². The second-order valence-electron chi connectivity index (χ2n) is 15.8. The standard InChI is InChI=1S/C33H52O7/c1-19(24(34)10-12-28(2,3)37)20-9-14-33(39)22-16-25(35)23-17-27(36)32(38,26-11-15-40-29(26,4)5)18-30(23,6)21(22)8-13-31(20,33)7/h11,15-16,19-21,23-24,26-27,34,36-39H,8-10,12-14,17-18H2,1-7H3/t19-,20+,21-,23-,24+,26?,27+,30+,31+,32+,33+/m0/s1. The highest BCUT2D eigenvalue weighted by Gasteiger charge is 2.69. The first-order chi connectivity index (χ1) is 18.3. The summed E-state index contributed by atoms with van der Waals surface area (Å²) in [6.07, 6.45) is 7.75. The van der Waals surface area contributed by atoms with Gasteiger partial charge in [-0.25, -0.2) is 0 Å². The molecule has 226 valence electrons. The molecule has 0 amide bonds. The van der Waals surface area contributed by atoms with Gasteiger partial charge in [-0.15, -0.1) is 0 Å². The fraction of sp³-hybridized carbons (Fsp3) is 0.848. The van der Waals surface area contributed by atoms with Gasteiger partial charge >= 0.3 is 0 Å². The van der Waals surface area contributed by atoms with Crippen molar-refractivity contribution in [3.05, 3.63) is 24.0 Å². The third-order valence-corrected chi connectivity index (χ3v) is 12.5. The van der Waals surface area contributed by atoms with Crippen LogP contribution in [0.25, 0.3) is 0 Å². The normalized spacial score (nSPS) is 47.5. The van der Waals surface area contributed by atoms with Crippen LogP contribution in [0.1, 0.15) is 99.8 Å². The Hall–Kier alpha value is -1.25. The molecule has 7 nitrogen and oxygen atoms in total. The molecule has 3 fully saturated rings. The summed E-state index contributed by atoms with van der Waals surface area (Å²) in [6, 6.07) is 0. The fourth-order valence-electron chi connectivity index (χ4n) is 10.1. The van der Waals surface area contributed by atoms with E-state index in [1.54, 1.807) is 26.2 Å². The molecule has 40 heavy (non-hydrogen) atoms. The smallest absolute Gasteiger partial charge is 0.159 e. The first kappa shape index (κ1) is 30.2. The minimum absolute atomic E-state index is 0.0625. The van der Waals surface area contributed by atoms with Gasteiger partial charge in [0.2, 0.25) is 0 Å². The van der Waals surface area contributed by atoms with Crippen molar-refractivity contribution in [3.63, 3.8) is 0 Å². The van der Waals surface area contributed by atoms with Crippen LogP contribution in [0.4, 0.5) is 0 Å². The van der Waals surface area contributed by atoms with E-state index in [1.807, 2.05) is 19.9 Å². The fourth-order valence-corrected chi connectivity index (χ4v) is 10.1. The van der Waals surface area contributed by atoms with Gasteiger partial charge in [-0.1, -0.05) is 20.8 Å². The van der Waals surface area contributed by atoms with E-state index in [4.69, 9.17) is 4.74 Å². The van der Waals surface area contributed by atoms with Crippen LogP contribution in [-0.4, -0.2) is 65.9 Å². The molecule has 5 N–H and O–H groups in total. The molecular formula is C33H52O7. The summed E-state index contributed by atoms with van der Waals surface area (Å²) in [7, 11) is 0. The lowest BCUT2D eigenvalue weighted by Gasteiger charge is -2.62. The first-order valence-corrected chi connectivity index (χ1v) is 15.4. The highest BCUT2D eigenvalue weighted by atomic mass is 16.5. The topological polar surface area (TPSA) is 127 Å². The van der Waals surface area contributed by atoms with Crippen LogP contribution in [0.2, 0.25) is 0 Å². The minimum atomic E-state index is -1.45. The van der Waals surface area contributed by atoms with Crippen molar-refractivity contribution in [2.24, 2.45) is 40.4 Å². The van der Waals surface area contributed by atoms with Crippen molar-refractivity contribution < 1.29 is 35.1 Å². The highest BCUT2D eigenvalue weighted by molar-refractivity contribution is 5.95. The predicted octanol–water partition coefficient (Wildman–Crippen LogP) is 4.05. The molecule has 3 saturated carbocycles. The molecule has 0 aromatic rings. The second-order valence-corrected chi connectivity index (χ2v) is 15.8. The number of hydrogen-bond acceptors (Lipinski definition) is 7. The third kappa shape index (κ3) is 4.28. The van der Waals surface area contributed by atoms with Gasteiger partial charge in [0.1, 0.15) is 11.2 Å². The van der Waals surface area contributed by atoms with Crippen molar-refractivity contribution in [2.45, 2.75) is 134 Å². The average Bonchev–Trinajstić information content (AvgIpc) is 3.34. The molecule has 0 aromatic heterocycles. The molecule has 1 aliphatic heterocycles. The van der Waals surface area contributed by atoms with Gasteiger partial charge in [0.05, 0.1) is 35.6 Å². The summed E-state index contributed by atoms with van der Waals surface area (Å²) in [5, 5.41) is 57.2. The Morgan fingerprint density at radius 1 is 1.10 bits per heavy atom. The van der Waals surface area contributed by atoms with E-state index in [-0.39, 0.29) is 36.4 Å². The monoisotopic (exact) mass is 560 g/mol.